The highest BCUT2D eigenvalue weighted by atomic mass is 16.5. The summed E-state index contributed by atoms with van der Waals surface area (Å²) in [7, 11) is 0. The van der Waals surface area contributed by atoms with Gasteiger partial charge in [-0.1, -0.05) is 30.3 Å². The van der Waals surface area contributed by atoms with Crippen LogP contribution in [0.2, 0.25) is 0 Å². The van der Waals surface area contributed by atoms with Gasteiger partial charge in [-0.05, 0) is 5.56 Å². The van der Waals surface area contributed by atoms with E-state index in [1.165, 1.54) is 6.92 Å². The number of ether oxygens (including phenoxy) is 1. The van der Waals surface area contributed by atoms with Crippen LogP contribution >= 0.6 is 0 Å². The molecular formula is C11H13NO2. The van der Waals surface area contributed by atoms with Crippen LogP contribution in [0.15, 0.2) is 30.3 Å². The van der Waals surface area contributed by atoms with Gasteiger partial charge in [-0.2, -0.15) is 0 Å². The SMILES string of the molecule is CC(=O)NC1COC1c1ccccc1. The predicted molar refractivity (Wildman–Crippen MR) is 52.7 cm³/mol. The van der Waals surface area contributed by atoms with Gasteiger partial charge in [-0.15, -0.1) is 0 Å². The Hall–Kier alpha value is -1.35. The minimum Gasteiger partial charge on any atom is -0.369 e. The third-order valence-corrected chi connectivity index (χ3v) is 2.34. The zero-order chi connectivity index (χ0) is 9.97. The topological polar surface area (TPSA) is 38.3 Å². The van der Waals surface area contributed by atoms with E-state index in [9.17, 15) is 4.79 Å². The van der Waals surface area contributed by atoms with E-state index in [0.717, 1.165) is 5.56 Å². The van der Waals surface area contributed by atoms with Gasteiger partial charge < -0.3 is 10.1 Å². The van der Waals surface area contributed by atoms with E-state index < -0.39 is 0 Å². The van der Waals surface area contributed by atoms with E-state index in [2.05, 4.69) is 5.32 Å². The summed E-state index contributed by atoms with van der Waals surface area (Å²) in [6.45, 7) is 2.14. The summed E-state index contributed by atoms with van der Waals surface area (Å²) in [5.74, 6) is -0.000712. The Kier molecular flexibility index (Phi) is 2.50. The van der Waals surface area contributed by atoms with Crippen molar-refractivity contribution in [3.63, 3.8) is 0 Å². The van der Waals surface area contributed by atoms with Crippen molar-refractivity contribution in [1.29, 1.82) is 0 Å². The molecule has 14 heavy (non-hydrogen) atoms. The van der Waals surface area contributed by atoms with Crippen LogP contribution < -0.4 is 5.32 Å². The van der Waals surface area contributed by atoms with Crippen molar-refractivity contribution in [3.05, 3.63) is 35.9 Å². The molecule has 1 aromatic rings. The molecule has 1 aliphatic rings. The molecule has 0 spiro atoms. The number of benzene rings is 1. The lowest BCUT2D eigenvalue weighted by Crippen LogP contribution is -2.50. The summed E-state index contributed by atoms with van der Waals surface area (Å²) >= 11 is 0. The summed E-state index contributed by atoms with van der Waals surface area (Å²) in [4.78, 5) is 10.9. The average molecular weight is 191 g/mol. The van der Waals surface area contributed by atoms with Gasteiger partial charge in [0.05, 0.1) is 12.6 Å². The number of carbonyl (C=O) groups is 1. The van der Waals surface area contributed by atoms with Crippen molar-refractivity contribution in [2.24, 2.45) is 0 Å². The molecule has 1 aromatic carbocycles. The van der Waals surface area contributed by atoms with Crippen LogP contribution in [0, 0.1) is 0 Å². The van der Waals surface area contributed by atoms with Gasteiger partial charge in [0.15, 0.2) is 0 Å². The monoisotopic (exact) mass is 191 g/mol. The van der Waals surface area contributed by atoms with Crippen LogP contribution in [-0.4, -0.2) is 18.6 Å². The van der Waals surface area contributed by atoms with Gasteiger partial charge in [0.25, 0.3) is 0 Å². The van der Waals surface area contributed by atoms with Crippen LogP contribution in [0.25, 0.3) is 0 Å². The molecule has 0 aromatic heterocycles. The second kappa shape index (κ2) is 3.80. The Labute approximate surface area is 83.1 Å². The van der Waals surface area contributed by atoms with Gasteiger partial charge in [0, 0.05) is 6.92 Å². The molecule has 1 heterocycles. The lowest BCUT2D eigenvalue weighted by molar-refractivity contribution is -0.130. The third-order valence-electron chi connectivity index (χ3n) is 2.34. The Balaban J connectivity index is 2.03. The molecule has 3 nitrogen and oxygen atoms in total. The van der Waals surface area contributed by atoms with E-state index in [1.54, 1.807) is 0 Å². The number of nitrogens with one attached hydrogen (secondary N) is 1. The normalized spacial score (nSPS) is 25.2. The van der Waals surface area contributed by atoms with Crippen molar-refractivity contribution in [1.82, 2.24) is 5.32 Å². The molecular weight excluding hydrogens is 178 g/mol. The van der Waals surface area contributed by atoms with E-state index in [0.29, 0.717) is 6.61 Å². The second-order valence-corrected chi connectivity index (χ2v) is 3.47. The highest BCUT2D eigenvalue weighted by Gasteiger charge is 2.33. The maximum Gasteiger partial charge on any atom is 0.217 e. The summed E-state index contributed by atoms with van der Waals surface area (Å²) in [5, 5.41) is 2.86. The average Bonchev–Trinajstić information content (AvgIpc) is 2.14. The summed E-state index contributed by atoms with van der Waals surface area (Å²) in [5.41, 5.74) is 1.12. The molecule has 1 N–H and O–H groups in total. The second-order valence-electron chi connectivity index (χ2n) is 3.47. The molecule has 0 saturated carbocycles. The predicted octanol–water partition coefficient (Wildman–Crippen LogP) is 1.26. The molecule has 0 radical (unpaired) electrons. The Bertz CT molecular complexity index is 323. The molecule has 3 heteroatoms. The van der Waals surface area contributed by atoms with Gasteiger partial charge in [-0.3, -0.25) is 4.79 Å². The molecule has 0 bridgehead atoms. The van der Waals surface area contributed by atoms with Gasteiger partial charge in [0.2, 0.25) is 5.91 Å². The number of rotatable bonds is 2. The molecule has 74 valence electrons. The zero-order valence-corrected chi connectivity index (χ0v) is 8.07. The first-order valence-corrected chi connectivity index (χ1v) is 4.71. The smallest absolute Gasteiger partial charge is 0.217 e. The molecule has 2 atom stereocenters. The molecule has 1 amide bonds. The maximum absolute atomic E-state index is 10.9. The number of hydrogen-bond donors (Lipinski definition) is 1. The zero-order valence-electron chi connectivity index (χ0n) is 8.07. The quantitative estimate of drug-likeness (QED) is 0.764. The van der Waals surface area contributed by atoms with Crippen molar-refractivity contribution in [3.8, 4) is 0 Å². The molecule has 2 rings (SSSR count). The summed E-state index contributed by atoms with van der Waals surface area (Å²) < 4.78 is 5.42. The fourth-order valence-corrected chi connectivity index (χ4v) is 1.64. The molecule has 1 fully saturated rings. The Morgan fingerprint density at radius 3 is 2.64 bits per heavy atom. The first-order chi connectivity index (χ1) is 6.77. The first kappa shape index (κ1) is 9.21. The van der Waals surface area contributed by atoms with Crippen molar-refractivity contribution in [2.45, 2.75) is 19.1 Å². The number of amides is 1. The van der Waals surface area contributed by atoms with E-state index in [4.69, 9.17) is 4.74 Å². The van der Waals surface area contributed by atoms with Crippen molar-refractivity contribution in [2.75, 3.05) is 6.61 Å². The van der Waals surface area contributed by atoms with Crippen LogP contribution in [0.4, 0.5) is 0 Å². The van der Waals surface area contributed by atoms with Gasteiger partial charge in [-0.25, -0.2) is 0 Å². The van der Waals surface area contributed by atoms with E-state index in [1.807, 2.05) is 30.3 Å². The molecule has 0 aliphatic carbocycles. The van der Waals surface area contributed by atoms with Crippen LogP contribution in [0.3, 0.4) is 0 Å². The fourth-order valence-electron chi connectivity index (χ4n) is 1.64. The van der Waals surface area contributed by atoms with E-state index >= 15 is 0 Å². The molecule has 1 saturated heterocycles. The molecule has 2 unspecified atom stereocenters. The minimum atomic E-state index is -0.000712. The van der Waals surface area contributed by atoms with Crippen LogP contribution in [0.1, 0.15) is 18.6 Å². The largest absolute Gasteiger partial charge is 0.369 e. The Morgan fingerprint density at radius 1 is 1.43 bits per heavy atom. The van der Waals surface area contributed by atoms with Crippen molar-refractivity contribution >= 4 is 5.91 Å². The highest BCUT2D eigenvalue weighted by molar-refractivity contribution is 5.73. The van der Waals surface area contributed by atoms with Gasteiger partial charge in [0.1, 0.15) is 6.10 Å². The lowest BCUT2D eigenvalue weighted by Gasteiger charge is -2.37. The summed E-state index contributed by atoms with van der Waals surface area (Å²) in [6, 6.07) is 10.1. The van der Waals surface area contributed by atoms with Gasteiger partial charge >= 0.3 is 0 Å². The third kappa shape index (κ3) is 1.77. The standard InChI is InChI=1S/C11H13NO2/c1-8(13)12-10-7-14-11(10)9-5-3-2-4-6-9/h2-6,10-11H,7H2,1H3,(H,12,13). The number of hydrogen-bond acceptors (Lipinski definition) is 2. The van der Waals surface area contributed by atoms with Crippen LogP contribution in [-0.2, 0) is 9.53 Å². The van der Waals surface area contributed by atoms with Crippen LogP contribution in [0.5, 0.6) is 0 Å². The maximum atomic E-state index is 10.9. The minimum absolute atomic E-state index is 0.000712. The number of carbonyl (C=O) groups excluding carboxylic acids is 1. The van der Waals surface area contributed by atoms with E-state index in [-0.39, 0.29) is 18.1 Å². The molecule has 1 aliphatic heterocycles. The van der Waals surface area contributed by atoms with Crippen molar-refractivity contribution < 1.29 is 9.53 Å². The fraction of sp³-hybridized carbons (Fsp3) is 0.364. The summed E-state index contributed by atoms with van der Waals surface area (Å²) in [6.07, 6.45) is 0.0279. The Morgan fingerprint density at radius 2 is 2.14 bits per heavy atom. The lowest BCUT2D eigenvalue weighted by atomic mass is 9.98. The first-order valence-electron chi connectivity index (χ1n) is 4.71. The highest BCUT2D eigenvalue weighted by Crippen LogP contribution is 2.29.